The van der Waals surface area contributed by atoms with E-state index >= 15 is 0 Å². The third-order valence-electron chi connectivity index (χ3n) is 3.24. The molecule has 2 N–H and O–H groups in total. The molecule has 0 bridgehead atoms. The van der Waals surface area contributed by atoms with E-state index in [-0.39, 0.29) is 6.61 Å². The Morgan fingerprint density at radius 2 is 2.04 bits per heavy atom. The van der Waals surface area contributed by atoms with Crippen LogP contribution in [0.25, 0.3) is 0 Å². The molecule has 24 heavy (non-hydrogen) atoms. The number of hydrogen-bond donors (Lipinski definition) is 1. The van der Waals surface area contributed by atoms with E-state index in [1.807, 2.05) is 36.5 Å². The Morgan fingerprint density at radius 3 is 2.83 bits per heavy atom. The molecule has 124 valence electrons. The monoisotopic (exact) mass is 343 g/mol. The zero-order valence-electron chi connectivity index (χ0n) is 13.1. The van der Waals surface area contributed by atoms with E-state index in [1.165, 1.54) is 16.4 Å². The first-order chi connectivity index (χ1) is 11.8. The Kier molecular flexibility index (Phi) is 5.17. The molecule has 2 aromatic heterocycles. The first-order valence-corrected chi connectivity index (χ1v) is 8.23. The number of benzene rings is 1. The molecule has 3 rings (SSSR count). The summed E-state index contributed by atoms with van der Waals surface area (Å²) >= 11 is 1.50. The molecule has 0 amide bonds. The van der Waals surface area contributed by atoms with Crippen LogP contribution in [0.5, 0.6) is 11.5 Å². The van der Waals surface area contributed by atoms with E-state index in [9.17, 15) is 0 Å². The first kappa shape index (κ1) is 16.1. The summed E-state index contributed by atoms with van der Waals surface area (Å²) in [5.74, 6) is 8.72. The molecule has 0 aliphatic carbocycles. The average molecular weight is 343 g/mol. The summed E-state index contributed by atoms with van der Waals surface area (Å²) in [6.45, 7) is 0.226. The van der Waals surface area contributed by atoms with Crippen LogP contribution >= 0.6 is 11.8 Å². The zero-order valence-corrected chi connectivity index (χ0v) is 13.9. The molecule has 0 radical (unpaired) electrons. The maximum atomic E-state index is 6.04. The first-order valence-electron chi connectivity index (χ1n) is 7.24. The molecule has 7 nitrogen and oxygen atoms in total. The molecule has 0 atom stereocenters. The van der Waals surface area contributed by atoms with Gasteiger partial charge in [-0.1, -0.05) is 23.9 Å². The molecule has 0 fully saturated rings. The minimum Gasteiger partial charge on any atom is -0.497 e. The third-order valence-corrected chi connectivity index (χ3v) is 4.25. The number of nitrogens with zero attached hydrogens (tertiary/aromatic N) is 4. The topological polar surface area (TPSA) is 88.1 Å². The second-order valence-corrected chi connectivity index (χ2v) is 5.83. The van der Waals surface area contributed by atoms with Crippen LogP contribution in [0.2, 0.25) is 0 Å². The average Bonchev–Trinajstić information content (AvgIpc) is 2.99. The van der Waals surface area contributed by atoms with Crippen molar-refractivity contribution in [3.63, 3.8) is 0 Å². The van der Waals surface area contributed by atoms with Gasteiger partial charge in [0.1, 0.15) is 18.1 Å². The van der Waals surface area contributed by atoms with Gasteiger partial charge in [-0.2, -0.15) is 0 Å². The number of nitrogen functional groups attached to an aromatic ring is 1. The van der Waals surface area contributed by atoms with E-state index < -0.39 is 0 Å². The van der Waals surface area contributed by atoms with Crippen molar-refractivity contribution in [3.8, 4) is 11.5 Å². The highest BCUT2D eigenvalue weighted by molar-refractivity contribution is 7.98. The highest BCUT2D eigenvalue weighted by atomic mass is 32.2. The minimum absolute atomic E-state index is 0.226. The van der Waals surface area contributed by atoms with Crippen molar-refractivity contribution < 1.29 is 9.47 Å². The number of pyridine rings is 1. The Labute approximate surface area is 143 Å². The van der Waals surface area contributed by atoms with Crippen molar-refractivity contribution >= 4 is 11.8 Å². The second kappa shape index (κ2) is 7.69. The van der Waals surface area contributed by atoms with Crippen molar-refractivity contribution in [1.29, 1.82) is 0 Å². The summed E-state index contributed by atoms with van der Waals surface area (Å²) in [5.41, 5.74) is 1.10. The molecule has 3 aromatic rings. The number of rotatable bonds is 7. The van der Waals surface area contributed by atoms with Crippen LogP contribution in [0.4, 0.5) is 0 Å². The fourth-order valence-corrected chi connectivity index (χ4v) is 2.78. The summed E-state index contributed by atoms with van der Waals surface area (Å²) < 4.78 is 12.3. The molecular weight excluding hydrogens is 326 g/mol. The number of ether oxygens (including phenoxy) is 2. The lowest BCUT2D eigenvalue weighted by Gasteiger charge is -2.07. The van der Waals surface area contributed by atoms with Gasteiger partial charge in [0.25, 0.3) is 0 Å². The SMILES string of the molecule is COc1cccc(OCc2nnc(SCc3cccnc3)n2N)c1. The summed E-state index contributed by atoms with van der Waals surface area (Å²) in [4.78, 5) is 4.08. The Balaban J connectivity index is 1.60. The second-order valence-electron chi connectivity index (χ2n) is 4.89. The van der Waals surface area contributed by atoms with Gasteiger partial charge in [-0.05, 0) is 23.8 Å². The van der Waals surface area contributed by atoms with Crippen LogP contribution in [0.3, 0.4) is 0 Å². The van der Waals surface area contributed by atoms with Gasteiger partial charge in [0.15, 0.2) is 5.82 Å². The standard InChI is InChI=1S/C16H17N5O2S/c1-22-13-5-2-6-14(8-13)23-10-15-19-20-16(21(15)17)24-11-12-4-3-7-18-9-12/h2-9H,10-11,17H2,1H3. The third kappa shape index (κ3) is 3.96. The summed E-state index contributed by atoms with van der Waals surface area (Å²) in [5, 5.41) is 8.81. The molecule has 0 saturated heterocycles. The van der Waals surface area contributed by atoms with Gasteiger partial charge in [0.2, 0.25) is 5.16 Å². The molecule has 8 heteroatoms. The van der Waals surface area contributed by atoms with E-state index in [1.54, 1.807) is 19.4 Å². The fourth-order valence-electron chi connectivity index (χ4n) is 1.97. The Hall–Kier alpha value is -2.74. The molecule has 1 aromatic carbocycles. The summed E-state index contributed by atoms with van der Waals surface area (Å²) in [6, 6.07) is 11.3. The smallest absolute Gasteiger partial charge is 0.210 e. The van der Waals surface area contributed by atoms with Crippen molar-refractivity contribution in [2.75, 3.05) is 13.0 Å². The molecule has 0 aliphatic heterocycles. The maximum absolute atomic E-state index is 6.04. The van der Waals surface area contributed by atoms with Crippen LogP contribution in [-0.4, -0.2) is 27.0 Å². The van der Waals surface area contributed by atoms with Gasteiger partial charge in [-0.3, -0.25) is 4.98 Å². The maximum Gasteiger partial charge on any atom is 0.210 e. The normalized spacial score (nSPS) is 10.5. The molecule has 0 aliphatic rings. The van der Waals surface area contributed by atoms with Gasteiger partial charge in [0.05, 0.1) is 7.11 Å². The van der Waals surface area contributed by atoms with Crippen LogP contribution in [-0.2, 0) is 12.4 Å². The quantitative estimate of drug-likeness (QED) is 0.520. The van der Waals surface area contributed by atoms with Gasteiger partial charge in [-0.15, -0.1) is 10.2 Å². The molecule has 2 heterocycles. The van der Waals surface area contributed by atoms with E-state index in [4.69, 9.17) is 15.3 Å². The van der Waals surface area contributed by atoms with Crippen molar-refractivity contribution in [2.24, 2.45) is 0 Å². The van der Waals surface area contributed by atoms with E-state index in [0.717, 1.165) is 17.1 Å². The summed E-state index contributed by atoms with van der Waals surface area (Å²) in [6.07, 6.45) is 3.56. The van der Waals surface area contributed by atoms with Crippen LogP contribution in [0.1, 0.15) is 11.4 Å². The predicted molar refractivity (Wildman–Crippen MR) is 91.3 cm³/mol. The number of methoxy groups -OCH3 is 1. The lowest BCUT2D eigenvalue weighted by Crippen LogP contribution is -2.15. The number of nitrogens with two attached hydrogens (primary N) is 1. The highest BCUT2D eigenvalue weighted by Gasteiger charge is 2.11. The molecule has 0 spiro atoms. The van der Waals surface area contributed by atoms with Crippen LogP contribution < -0.4 is 15.3 Å². The van der Waals surface area contributed by atoms with Crippen LogP contribution in [0, 0.1) is 0 Å². The lowest BCUT2D eigenvalue weighted by atomic mass is 10.3. The van der Waals surface area contributed by atoms with Gasteiger partial charge < -0.3 is 15.3 Å². The fraction of sp³-hybridized carbons (Fsp3) is 0.188. The van der Waals surface area contributed by atoms with Crippen molar-refractivity contribution in [3.05, 3.63) is 60.2 Å². The minimum atomic E-state index is 0.226. The number of hydrogen-bond acceptors (Lipinski definition) is 7. The van der Waals surface area contributed by atoms with Crippen LogP contribution in [0.15, 0.2) is 53.9 Å². The molecule has 0 saturated carbocycles. The van der Waals surface area contributed by atoms with E-state index in [0.29, 0.717) is 16.7 Å². The van der Waals surface area contributed by atoms with E-state index in [2.05, 4.69) is 15.2 Å². The van der Waals surface area contributed by atoms with Gasteiger partial charge in [-0.25, -0.2) is 4.68 Å². The van der Waals surface area contributed by atoms with Gasteiger partial charge in [0, 0.05) is 24.2 Å². The largest absolute Gasteiger partial charge is 0.497 e. The number of thioether (sulfide) groups is 1. The molecule has 0 unspecified atom stereocenters. The number of aromatic nitrogens is 4. The lowest BCUT2D eigenvalue weighted by molar-refractivity contribution is 0.289. The Bertz CT molecular complexity index is 794. The predicted octanol–water partition coefficient (Wildman–Crippen LogP) is 2.27. The zero-order chi connectivity index (χ0) is 16.8. The summed E-state index contributed by atoms with van der Waals surface area (Å²) in [7, 11) is 1.61. The van der Waals surface area contributed by atoms with Crippen molar-refractivity contribution in [2.45, 2.75) is 17.5 Å². The highest BCUT2D eigenvalue weighted by Crippen LogP contribution is 2.22. The van der Waals surface area contributed by atoms with Gasteiger partial charge >= 0.3 is 0 Å². The Morgan fingerprint density at radius 1 is 1.17 bits per heavy atom. The molecular formula is C16H17N5O2S. The van der Waals surface area contributed by atoms with Crippen molar-refractivity contribution in [1.82, 2.24) is 19.9 Å².